The second-order valence-electron chi connectivity index (χ2n) is 8.11. The second-order valence-corrected chi connectivity index (χ2v) is 8.11. The molecule has 5 rings (SSSR count). The Kier molecular flexibility index (Phi) is 5.51. The summed E-state index contributed by atoms with van der Waals surface area (Å²) in [6, 6.07) is 13.0. The molecule has 0 bridgehead atoms. The molecule has 0 unspecified atom stereocenters. The van der Waals surface area contributed by atoms with E-state index in [9.17, 15) is 9.59 Å². The van der Waals surface area contributed by atoms with E-state index in [1.807, 2.05) is 49.4 Å². The van der Waals surface area contributed by atoms with Crippen molar-refractivity contribution in [1.82, 2.24) is 4.90 Å². The molecule has 2 aromatic carbocycles. The zero-order chi connectivity index (χ0) is 22.1. The van der Waals surface area contributed by atoms with Gasteiger partial charge >= 0.3 is 0 Å². The topological polar surface area (TPSA) is 77.5 Å². The normalized spacial score (nSPS) is 21.4. The molecule has 0 spiro atoms. The van der Waals surface area contributed by atoms with Gasteiger partial charge in [-0.05, 0) is 31.2 Å². The van der Waals surface area contributed by atoms with E-state index in [0.29, 0.717) is 56.7 Å². The van der Waals surface area contributed by atoms with Gasteiger partial charge in [0.15, 0.2) is 29.1 Å². The van der Waals surface area contributed by atoms with E-state index in [-0.39, 0.29) is 24.3 Å². The number of benzene rings is 2. The minimum Gasteiger partial charge on any atom is -0.486 e. The lowest BCUT2D eigenvalue weighted by Crippen LogP contribution is -2.46. The van der Waals surface area contributed by atoms with Crippen molar-refractivity contribution in [3.8, 4) is 23.0 Å². The van der Waals surface area contributed by atoms with Gasteiger partial charge in [0.25, 0.3) is 0 Å². The smallest absolute Gasteiger partial charge is 0.228 e. The molecular weight excluding hydrogens is 412 g/mol. The van der Waals surface area contributed by atoms with Crippen molar-refractivity contribution in [3.63, 3.8) is 0 Å². The minimum absolute atomic E-state index is 0.0386. The first-order valence-electron chi connectivity index (χ1n) is 11.0. The molecule has 3 aliphatic heterocycles. The van der Waals surface area contributed by atoms with E-state index in [4.69, 9.17) is 18.9 Å². The predicted octanol–water partition coefficient (Wildman–Crippen LogP) is 2.50. The maximum absolute atomic E-state index is 13.3. The summed E-state index contributed by atoms with van der Waals surface area (Å²) in [5, 5.41) is 0. The third kappa shape index (κ3) is 3.92. The molecule has 0 aromatic heterocycles. The summed E-state index contributed by atoms with van der Waals surface area (Å²) in [4.78, 5) is 29.4. The van der Waals surface area contributed by atoms with Crippen LogP contribution in [0.1, 0.15) is 13.3 Å². The highest BCUT2D eigenvalue weighted by Gasteiger charge is 2.38. The van der Waals surface area contributed by atoms with Gasteiger partial charge in [-0.1, -0.05) is 12.1 Å². The van der Waals surface area contributed by atoms with Crippen LogP contribution in [0.15, 0.2) is 42.5 Å². The average Bonchev–Trinajstić information content (AvgIpc) is 3.23. The predicted molar refractivity (Wildman–Crippen MR) is 116 cm³/mol. The third-order valence-corrected chi connectivity index (χ3v) is 6.00. The van der Waals surface area contributed by atoms with Gasteiger partial charge in [-0.25, -0.2) is 0 Å². The molecule has 0 saturated carbocycles. The molecule has 3 aliphatic rings. The van der Waals surface area contributed by atoms with Crippen LogP contribution in [0.25, 0.3) is 0 Å². The van der Waals surface area contributed by atoms with Gasteiger partial charge < -0.3 is 28.7 Å². The molecule has 8 heteroatoms. The molecule has 32 heavy (non-hydrogen) atoms. The van der Waals surface area contributed by atoms with Crippen LogP contribution in [0, 0.1) is 5.92 Å². The van der Waals surface area contributed by atoms with E-state index in [1.54, 1.807) is 9.80 Å². The number of ether oxygens (including phenoxy) is 4. The lowest BCUT2D eigenvalue weighted by atomic mass is 10.1. The number of carbonyl (C=O) groups is 2. The summed E-state index contributed by atoms with van der Waals surface area (Å²) in [6.45, 7) is 4.61. The molecule has 0 radical (unpaired) electrons. The number of rotatable bonds is 5. The van der Waals surface area contributed by atoms with Gasteiger partial charge in [0.1, 0.15) is 19.8 Å². The van der Waals surface area contributed by atoms with E-state index < -0.39 is 5.92 Å². The number of hydrogen-bond donors (Lipinski definition) is 0. The van der Waals surface area contributed by atoms with Gasteiger partial charge in [-0.3, -0.25) is 9.59 Å². The Morgan fingerprint density at radius 1 is 1.03 bits per heavy atom. The Morgan fingerprint density at radius 3 is 2.59 bits per heavy atom. The minimum atomic E-state index is -0.396. The summed E-state index contributed by atoms with van der Waals surface area (Å²) < 4.78 is 23.0. The van der Waals surface area contributed by atoms with E-state index in [0.717, 1.165) is 11.4 Å². The number of carbonyl (C=O) groups excluding carboxylic acids is 2. The van der Waals surface area contributed by atoms with Gasteiger partial charge in [0.05, 0.1) is 12.5 Å². The number of para-hydroxylation sites is 2. The molecule has 8 nitrogen and oxygen atoms in total. The van der Waals surface area contributed by atoms with Gasteiger partial charge in [0, 0.05) is 31.3 Å². The van der Waals surface area contributed by atoms with Crippen LogP contribution >= 0.6 is 0 Å². The highest BCUT2D eigenvalue weighted by Crippen LogP contribution is 2.36. The fraction of sp³-hybridized carbons (Fsp3) is 0.417. The summed E-state index contributed by atoms with van der Waals surface area (Å²) in [5.41, 5.74) is 0.721. The second kappa shape index (κ2) is 8.61. The third-order valence-electron chi connectivity index (χ3n) is 6.00. The molecule has 3 heterocycles. The molecular formula is C24H26N2O6. The summed E-state index contributed by atoms with van der Waals surface area (Å²) >= 11 is 0. The molecule has 0 N–H and O–H groups in total. The van der Waals surface area contributed by atoms with E-state index >= 15 is 0 Å². The van der Waals surface area contributed by atoms with E-state index in [2.05, 4.69) is 0 Å². The maximum atomic E-state index is 13.3. The van der Waals surface area contributed by atoms with Crippen LogP contribution in [-0.4, -0.2) is 62.3 Å². The first-order valence-corrected chi connectivity index (χ1v) is 11.0. The summed E-state index contributed by atoms with van der Waals surface area (Å²) in [6.07, 6.45) is -0.0611. The number of anilines is 1. The van der Waals surface area contributed by atoms with Crippen LogP contribution in [0.5, 0.6) is 23.0 Å². The number of hydrogen-bond acceptors (Lipinski definition) is 6. The largest absolute Gasteiger partial charge is 0.486 e. The first kappa shape index (κ1) is 20.5. The van der Waals surface area contributed by atoms with Gasteiger partial charge in [-0.15, -0.1) is 0 Å². The average molecular weight is 438 g/mol. The Morgan fingerprint density at radius 2 is 1.78 bits per heavy atom. The summed E-state index contributed by atoms with van der Waals surface area (Å²) in [5.74, 6) is 2.20. The highest BCUT2D eigenvalue weighted by atomic mass is 16.6. The van der Waals surface area contributed by atoms with E-state index in [1.165, 1.54) is 0 Å². The van der Waals surface area contributed by atoms with Crippen molar-refractivity contribution in [3.05, 3.63) is 42.5 Å². The van der Waals surface area contributed by atoms with Crippen LogP contribution in [0.2, 0.25) is 0 Å². The van der Waals surface area contributed by atoms with Gasteiger partial charge in [-0.2, -0.15) is 0 Å². The van der Waals surface area contributed by atoms with Gasteiger partial charge in [0.2, 0.25) is 11.8 Å². The van der Waals surface area contributed by atoms with Crippen molar-refractivity contribution < 1.29 is 28.5 Å². The lowest BCUT2D eigenvalue weighted by Gasteiger charge is -2.32. The lowest BCUT2D eigenvalue weighted by molar-refractivity contribution is -0.137. The fourth-order valence-corrected chi connectivity index (χ4v) is 4.35. The molecule has 2 amide bonds. The molecule has 1 fully saturated rings. The molecule has 168 valence electrons. The first-order chi connectivity index (χ1) is 15.6. The standard InChI is InChI=1S/C24H26N2O6/c1-2-25(14-18-15-31-19-5-3-4-6-21(19)32-18)24(28)16-11-23(27)26(13-16)17-7-8-20-22(12-17)30-10-9-29-20/h3-8,12,16,18H,2,9-11,13-15H2,1H3/t16-,18-/m0/s1. The zero-order valence-corrected chi connectivity index (χ0v) is 18.0. The van der Waals surface area contributed by atoms with Crippen LogP contribution in [0.3, 0.4) is 0 Å². The van der Waals surface area contributed by atoms with Crippen molar-refractivity contribution in [2.45, 2.75) is 19.4 Å². The zero-order valence-electron chi connectivity index (χ0n) is 18.0. The maximum Gasteiger partial charge on any atom is 0.228 e. The number of amides is 2. The summed E-state index contributed by atoms with van der Waals surface area (Å²) in [7, 11) is 0. The van der Waals surface area contributed by atoms with Crippen molar-refractivity contribution >= 4 is 17.5 Å². The van der Waals surface area contributed by atoms with Crippen molar-refractivity contribution in [2.75, 3.05) is 44.4 Å². The monoisotopic (exact) mass is 438 g/mol. The molecule has 2 atom stereocenters. The van der Waals surface area contributed by atoms with Crippen LogP contribution in [0.4, 0.5) is 5.69 Å². The highest BCUT2D eigenvalue weighted by molar-refractivity contribution is 6.00. The quantitative estimate of drug-likeness (QED) is 0.714. The van der Waals surface area contributed by atoms with Crippen molar-refractivity contribution in [1.29, 1.82) is 0 Å². The Hall–Kier alpha value is -3.42. The number of nitrogens with zero attached hydrogens (tertiary/aromatic N) is 2. The van der Waals surface area contributed by atoms with Crippen LogP contribution < -0.4 is 23.8 Å². The molecule has 1 saturated heterocycles. The SMILES string of the molecule is CCN(C[C@H]1COc2ccccc2O1)C(=O)[C@H]1CC(=O)N(c2ccc3c(c2)OCCO3)C1. The fourth-order valence-electron chi connectivity index (χ4n) is 4.35. The van der Waals surface area contributed by atoms with Crippen LogP contribution in [-0.2, 0) is 9.59 Å². The molecule has 0 aliphatic carbocycles. The Labute approximate surface area is 186 Å². The Bertz CT molecular complexity index is 1030. The number of likely N-dealkylation sites (N-methyl/N-ethyl adjacent to an activating group) is 1. The molecule has 2 aromatic rings. The number of fused-ring (bicyclic) bond motifs is 2. The van der Waals surface area contributed by atoms with Crippen molar-refractivity contribution in [2.24, 2.45) is 5.92 Å². The Balaban J connectivity index is 1.24.